The number of amides is 1. The van der Waals surface area contributed by atoms with E-state index in [4.69, 9.17) is 4.74 Å². The van der Waals surface area contributed by atoms with Crippen LogP contribution in [-0.2, 0) is 6.42 Å². The number of ether oxygens (including phenoxy) is 1. The maximum Gasteiger partial charge on any atom is 0.255 e. The van der Waals surface area contributed by atoms with E-state index in [1.54, 1.807) is 12.1 Å². The zero-order chi connectivity index (χ0) is 26.5. The van der Waals surface area contributed by atoms with Crippen molar-refractivity contribution >= 4 is 16.8 Å². The van der Waals surface area contributed by atoms with Crippen LogP contribution in [0.2, 0.25) is 0 Å². The highest BCUT2D eigenvalue weighted by molar-refractivity contribution is 5.97. The fourth-order valence-electron chi connectivity index (χ4n) is 4.37. The van der Waals surface area contributed by atoms with E-state index in [-0.39, 0.29) is 18.6 Å². The topological polar surface area (TPSA) is 74.3 Å². The first kappa shape index (κ1) is 26.1. The van der Waals surface area contributed by atoms with Gasteiger partial charge in [0.15, 0.2) is 0 Å². The number of aliphatic hydroxyl groups excluding tert-OH is 1. The van der Waals surface area contributed by atoms with Crippen molar-refractivity contribution in [3.8, 4) is 17.6 Å². The Kier molecular flexibility index (Phi) is 8.01. The minimum absolute atomic E-state index is 0.0958. The molecule has 1 aromatic heterocycles. The number of rotatable bonds is 7. The summed E-state index contributed by atoms with van der Waals surface area (Å²) in [6.07, 6.45) is 2.33. The van der Waals surface area contributed by atoms with Gasteiger partial charge in [0.25, 0.3) is 5.91 Å². The zero-order valence-corrected chi connectivity index (χ0v) is 22.1. The first-order valence-corrected chi connectivity index (χ1v) is 12.6. The molecule has 3 N–H and O–H groups in total. The molecule has 5 heteroatoms. The molecule has 4 rings (SSSR count). The number of carbonyl (C=O) groups excluding carboxylic acids is 1. The summed E-state index contributed by atoms with van der Waals surface area (Å²) in [5.41, 5.74) is 7.71. The van der Waals surface area contributed by atoms with Gasteiger partial charge in [0.1, 0.15) is 5.75 Å². The highest BCUT2D eigenvalue weighted by Gasteiger charge is 2.19. The smallest absolute Gasteiger partial charge is 0.255 e. The minimum Gasteiger partial charge on any atom is -0.490 e. The molecule has 190 valence electrons. The normalized spacial score (nSPS) is 11.8. The summed E-state index contributed by atoms with van der Waals surface area (Å²) in [6.45, 7) is 9.88. The summed E-state index contributed by atoms with van der Waals surface area (Å²) >= 11 is 0. The molecule has 0 spiro atoms. The van der Waals surface area contributed by atoms with E-state index in [1.165, 1.54) is 11.1 Å². The number of H-pyrrole nitrogens is 1. The molecule has 5 nitrogen and oxygen atoms in total. The number of carbonyl (C=O) groups is 1. The lowest BCUT2D eigenvalue weighted by atomic mass is 10.0. The maximum absolute atomic E-state index is 13.4. The van der Waals surface area contributed by atoms with Crippen LogP contribution >= 0.6 is 0 Å². The average molecular weight is 495 g/mol. The Labute approximate surface area is 218 Å². The van der Waals surface area contributed by atoms with Crippen LogP contribution in [0.15, 0.2) is 60.8 Å². The van der Waals surface area contributed by atoms with Gasteiger partial charge in [-0.1, -0.05) is 36.1 Å². The van der Waals surface area contributed by atoms with Gasteiger partial charge in [-0.25, -0.2) is 0 Å². The number of hydrogen-bond acceptors (Lipinski definition) is 3. The predicted octanol–water partition coefficient (Wildman–Crippen LogP) is 5.61. The van der Waals surface area contributed by atoms with E-state index in [1.807, 2.05) is 50.4 Å². The van der Waals surface area contributed by atoms with Crippen molar-refractivity contribution in [2.24, 2.45) is 0 Å². The van der Waals surface area contributed by atoms with Gasteiger partial charge in [-0.2, -0.15) is 0 Å². The molecule has 0 bridgehead atoms. The zero-order valence-electron chi connectivity index (χ0n) is 22.1. The Balaban J connectivity index is 1.60. The van der Waals surface area contributed by atoms with Gasteiger partial charge in [-0.05, 0) is 93.6 Å². The maximum atomic E-state index is 13.4. The van der Waals surface area contributed by atoms with E-state index in [0.29, 0.717) is 17.7 Å². The fraction of sp³-hybridized carbons (Fsp3) is 0.281. The highest BCUT2D eigenvalue weighted by atomic mass is 16.5. The van der Waals surface area contributed by atoms with Crippen LogP contribution in [0.5, 0.6) is 5.75 Å². The average Bonchev–Trinajstić information content (AvgIpc) is 3.28. The molecule has 0 unspecified atom stereocenters. The summed E-state index contributed by atoms with van der Waals surface area (Å²) in [7, 11) is 0. The number of hydrogen-bond donors (Lipinski definition) is 3. The number of aromatic amines is 1. The van der Waals surface area contributed by atoms with Crippen LogP contribution in [0.25, 0.3) is 10.9 Å². The van der Waals surface area contributed by atoms with Crippen molar-refractivity contribution in [2.75, 3.05) is 6.61 Å². The third-order valence-electron chi connectivity index (χ3n) is 6.47. The van der Waals surface area contributed by atoms with Gasteiger partial charge < -0.3 is 20.1 Å². The molecule has 0 aliphatic rings. The number of aromatic nitrogens is 1. The molecule has 1 amide bonds. The fourth-order valence-corrected chi connectivity index (χ4v) is 4.37. The van der Waals surface area contributed by atoms with Crippen molar-refractivity contribution in [3.05, 3.63) is 99.7 Å². The molecule has 0 saturated carbocycles. The number of para-hydroxylation sites is 1. The van der Waals surface area contributed by atoms with E-state index >= 15 is 0 Å². The van der Waals surface area contributed by atoms with Gasteiger partial charge in [-0.15, -0.1) is 0 Å². The molecule has 37 heavy (non-hydrogen) atoms. The largest absolute Gasteiger partial charge is 0.490 e. The number of aryl methyl sites for hydroxylation is 3. The first-order valence-electron chi connectivity index (χ1n) is 12.6. The van der Waals surface area contributed by atoms with Crippen molar-refractivity contribution in [3.63, 3.8) is 0 Å². The lowest BCUT2D eigenvalue weighted by Crippen LogP contribution is -2.39. The molecule has 0 aliphatic heterocycles. The van der Waals surface area contributed by atoms with Gasteiger partial charge >= 0.3 is 0 Å². The summed E-state index contributed by atoms with van der Waals surface area (Å²) in [6, 6.07) is 17.2. The van der Waals surface area contributed by atoms with Crippen molar-refractivity contribution in [1.82, 2.24) is 10.3 Å². The lowest BCUT2D eigenvalue weighted by Gasteiger charge is -2.19. The molecule has 0 radical (unpaired) electrons. The second-order valence-electron chi connectivity index (χ2n) is 9.80. The van der Waals surface area contributed by atoms with Crippen LogP contribution in [0, 0.1) is 32.6 Å². The van der Waals surface area contributed by atoms with Crippen LogP contribution in [0.3, 0.4) is 0 Å². The third-order valence-corrected chi connectivity index (χ3v) is 6.47. The predicted molar refractivity (Wildman–Crippen MR) is 149 cm³/mol. The van der Waals surface area contributed by atoms with Crippen molar-refractivity contribution < 1.29 is 14.6 Å². The number of aliphatic hydroxyl groups is 1. The Morgan fingerprint density at radius 3 is 2.51 bits per heavy atom. The molecule has 1 atom stereocenters. The number of benzene rings is 3. The highest BCUT2D eigenvalue weighted by Crippen LogP contribution is 2.23. The van der Waals surface area contributed by atoms with Crippen molar-refractivity contribution in [2.45, 2.75) is 53.2 Å². The molecule has 0 aliphatic carbocycles. The first-order chi connectivity index (χ1) is 17.7. The van der Waals surface area contributed by atoms with E-state index in [2.05, 4.69) is 55.0 Å². The van der Waals surface area contributed by atoms with Gasteiger partial charge in [0.05, 0.1) is 24.3 Å². The Hall–Kier alpha value is -4.01. The molecular formula is C32H34N2O3. The standard InChI is InChI=1S/C32H34N2O3/c1-20(2)37-31-13-11-24(10-12-25-15-22(4)21(3)14-23(25)5)16-29(31)32(36)34-27(19-35)17-26-18-33-30-9-7-6-8-28(26)30/h6-9,11,13-16,18,20,27,33,35H,17,19H2,1-5H3,(H,34,36)/t27-/m1/s1. The quantitative estimate of drug-likeness (QED) is 0.292. The van der Waals surface area contributed by atoms with Crippen LogP contribution in [0.1, 0.15) is 57.6 Å². The molecule has 0 saturated heterocycles. The summed E-state index contributed by atoms with van der Waals surface area (Å²) in [4.78, 5) is 16.7. The molecule has 3 aromatic carbocycles. The second kappa shape index (κ2) is 11.4. The van der Waals surface area contributed by atoms with Crippen LogP contribution < -0.4 is 10.1 Å². The number of fused-ring (bicyclic) bond motifs is 1. The summed E-state index contributed by atoms with van der Waals surface area (Å²) in [5, 5.41) is 14.1. The monoisotopic (exact) mass is 494 g/mol. The van der Waals surface area contributed by atoms with Gasteiger partial charge in [0.2, 0.25) is 0 Å². The SMILES string of the molecule is Cc1cc(C)c(C#Cc2ccc(OC(C)C)c(C(=O)N[C@@H](CO)Cc3c[nH]c4ccccc34)c2)cc1C. The van der Waals surface area contributed by atoms with Gasteiger partial charge in [-0.3, -0.25) is 4.79 Å². The summed E-state index contributed by atoms with van der Waals surface area (Å²) in [5.74, 6) is 6.65. The Morgan fingerprint density at radius 2 is 1.76 bits per heavy atom. The summed E-state index contributed by atoms with van der Waals surface area (Å²) < 4.78 is 5.93. The van der Waals surface area contributed by atoms with E-state index in [0.717, 1.165) is 33.2 Å². The lowest BCUT2D eigenvalue weighted by molar-refractivity contribution is 0.0910. The molecule has 4 aromatic rings. The molecular weight excluding hydrogens is 460 g/mol. The van der Waals surface area contributed by atoms with E-state index < -0.39 is 6.04 Å². The second-order valence-corrected chi connectivity index (χ2v) is 9.80. The number of nitrogens with one attached hydrogen (secondary N) is 2. The van der Waals surface area contributed by atoms with Crippen molar-refractivity contribution in [1.29, 1.82) is 0 Å². The Bertz CT molecular complexity index is 1490. The van der Waals surface area contributed by atoms with Crippen LogP contribution in [-0.4, -0.2) is 34.8 Å². The Morgan fingerprint density at radius 1 is 1.00 bits per heavy atom. The molecule has 1 heterocycles. The van der Waals surface area contributed by atoms with E-state index in [9.17, 15) is 9.90 Å². The molecule has 0 fully saturated rings. The van der Waals surface area contributed by atoms with Crippen LogP contribution in [0.4, 0.5) is 0 Å². The third kappa shape index (κ3) is 6.22. The van der Waals surface area contributed by atoms with Gasteiger partial charge in [0, 0.05) is 28.2 Å². The minimum atomic E-state index is -0.452.